The number of hydrogen-bond donors (Lipinski definition) is 2. The zero-order chi connectivity index (χ0) is 13.0. The molecular weight excluding hydrogens is 228 g/mol. The Balaban J connectivity index is 2.16. The van der Waals surface area contributed by atoms with E-state index in [2.05, 4.69) is 29.3 Å². The summed E-state index contributed by atoms with van der Waals surface area (Å²) in [6.45, 7) is 6.78. The Morgan fingerprint density at radius 1 is 1.33 bits per heavy atom. The molecule has 0 bridgehead atoms. The van der Waals surface area contributed by atoms with E-state index >= 15 is 0 Å². The molecule has 1 heterocycles. The topological polar surface area (TPSA) is 44.7 Å². The molecular formula is C14H22N2O2. The molecule has 4 heteroatoms. The summed E-state index contributed by atoms with van der Waals surface area (Å²) >= 11 is 0. The smallest absolute Gasteiger partial charge is 0.119 e. The van der Waals surface area contributed by atoms with Gasteiger partial charge in [-0.15, -0.1) is 0 Å². The molecule has 4 nitrogen and oxygen atoms in total. The van der Waals surface area contributed by atoms with Crippen LogP contribution in [0.15, 0.2) is 24.3 Å². The van der Waals surface area contributed by atoms with Crippen LogP contribution < -0.4 is 15.0 Å². The summed E-state index contributed by atoms with van der Waals surface area (Å²) in [6.07, 6.45) is 0. The van der Waals surface area contributed by atoms with Crippen LogP contribution in [0.25, 0.3) is 0 Å². The number of rotatable bonds is 4. The summed E-state index contributed by atoms with van der Waals surface area (Å²) in [5.41, 5.74) is 1.14. The van der Waals surface area contributed by atoms with Gasteiger partial charge in [-0.25, -0.2) is 0 Å². The predicted molar refractivity (Wildman–Crippen MR) is 73.3 cm³/mol. The van der Waals surface area contributed by atoms with Gasteiger partial charge < -0.3 is 20.1 Å². The molecule has 0 saturated carbocycles. The van der Waals surface area contributed by atoms with Crippen molar-refractivity contribution in [2.75, 3.05) is 31.2 Å². The maximum atomic E-state index is 9.47. The summed E-state index contributed by atoms with van der Waals surface area (Å²) in [5.74, 6) is 0.893. The summed E-state index contributed by atoms with van der Waals surface area (Å²) < 4.78 is 5.45. The largest absolute Gasteiger partial charge is 0.494 e. The maximum Gasteiger partial charge on any atom is 0.119 e. The van der Waals surface area contributed by atoms with Gasteiger partial charge in [-0.1, -0.05) is 0 Å². The highest BCUT2D eigenvalue weighted by Gasteiger charge is 2.27. The lowest BCUT2D eigenvalue weighted by Crippen LogP contribution is -2.57. The molecule has 2 N–H and O–H groups in total. The summed E-state index contributed by atoms with van der Waals surface area (Å²) in [4.78, 5) is 2.28. The van der Waals surface area contributed by atoms with Gasteiger partial charge in [-0.2, -0.15) is 0 Å². The normalized spacial score (nSPS) is 24.1. The molecule has 100 valence electrons. The number of aliphatic hydroxyl groups excluding tert-OH is 1. The number of ether oxygens (including phenoxy) is 1. The third-order valence-corrected chi connectivity index (χ3v) is 3.34. The monoisotopic (exact) mass is 250 g/mol. The van der Waals surface area contributed by atoms with E-state index in [1.807, 2.05) is 19.1 Å². The molecule has 1 aromatic carbocycles. The van der Waals surface area contributed by atoms with Gasteiger partial charge in [0.05, 0.1) is 19.3 Å². The minimum atomic E-state index is 0.145. The molecule has 1 aromatic rings. The minimum absolute atomic E-state index is 0.145. The van der Waals surface area contributed by atoms with E-state index in [4.69, 9.17) is 4.74 Å². The van der Waals surface area contributed by atoms with Crippen molar-refractivity contribution in [2.45, 2.75) is 25.9 Å². The molecule has 1 fully saturated rings. The molecule has 2 atom stereocenters. The predicted octanol–water partition coefficient (Wildman–Crippen LogP) is 1.24. The van der Waals surface area contributed by atoms with Crippen LogP contribution in [0, 0.1) is 0 Å². The molecule has 1 aliphatic rings. The lowest BCUT2D eigenvalue weighted by atomic mass is 10.1. The number of anilines is 1. The lowest BCUT2D eigenvalue weighted by Gasteiger charge is -2.42. The Labute approximate surface area is 109 Å². The second-order valence-electron chi connectivity index (χ2n) is 4.68. The van der Waals surface area contributed by atoms with Gasteiger partial charge in [0.25, 0.3) is 0 Å². The fourth-order valence-corrected chi connectivity index (χ4v) is 2.51. The Morgan fingerprint density at radius 3 is 2.67 bits per heavy atom. The van der Waals surface area contributed by atoms with Crippen molar-refractivity contribution in [3.05, 3.63) is 24.3 Å². The second-order valence-corrected chi connectivity index (χ2v) is 4.68. The van der Waals surface area contributed by atoms with Crippen LogP contribution in [0.2, 0.25) is 0 Å². The van der Waals surface area contributed by atoms with Crippen LogP contribution in [0.3, 0.4) is 0 Å². The molecule has 2 rings (SSSR count). The van der Waals surface area contributed by atoms with Crippen molar-refractivity contribution in [3.63, 3.8) is 0 Å². The van der Waals surface area contributed by atoms with Crippen molar-refractivity contribution in [2.24, 2.45) is 0 Å². The zero-order valence-corrected chi connectivity index (χ0v) is 11.1. The molecule has 0 aromatic heterocycles. The van der Waals surface area contributed by atoms with Crippen LogP contribution in [0.1, 0.15) is 13.8 Å². The van der Waals surface area contributed by atoms with Gasteiger partial charge in [-0.3, -0.25) is 0 Å². The number of aliphatic hydroxyl groups is 1. The van der Waals surface area contributed by atoms with E-state index in [9.17, 15) is 5.11 Å². The van der Waals surface area contributed by atoms with Crippen molar-refractivity contribution in [3.8, 4) is 5.75 Å². The first-order chi connectivity index (χ1) is 8.76. The van der Waals surface area contributed by atoms with E-state index in [1.165, 1.54) is 0 Å². The van der Waals surface area contributed by atoms with Crippen molar-refractivity contribution in [1.82, 2.24) is 5.32 Å². The highest BCUT2D eigenvalue weighted by Crippen LogP contribution is 2.24. The van der Waals surface area contributed by atoms with E-state index in [-0.39, 0.29) is 12.6 Å². The summed E-state index contributed by atoms with van der Waals surface area (Å²) in [7, 11) is 0. The summed E-state index contributed by atoms with van der Waals surface area (Å²) in [6, 6.07) is 8.63. The van der Waals surface area contributed by atoms with Gasteiger partial charge in [0.1, 0.15) is 5.75 Å². The Bertz CT molecular complexity index is 367. The number of benzene rings is 1. The number of hydrogen-bond acceptors (Lipinski definition) is 4. The van der Waals surface area contributed by atoms with Gasteiger partial charge in [0.2, 0.25) is 0 Å². The number of piperazine rings is 1. The molecule has 1 saturated heterocycles. The van der Waals surface area contributed by atoms with Gasteiger partial charge in [-0.05, 0) is 38.1 Å². The SMILES string of the molecule is CCOc1ccc(N2C(C)CNCC2CO)cc1. The first-order valence-electron chi connectivity index (χ1n) is 6.59. The molecule has 0 spiro atoms. The summed E-state index contributed by atoms with van der Waals surface area (Å²) in [5, 5.41) is 12.8. The molecule has 0 aliphatic carbocycles. The van der Waals surface area contributed by atoms with E-state index in [0.717, 1.165) is 24.5 Å². The Morgan fingerprint density at radius 2 is 2.06 bits per heavy atom. The van der Waals surface area contributed by atoms with Gasteiger partial charge >= 0.3 is 0 Å². The average Bonchev–Trinajstić information content (AvgIpc) is 2.40. The van der Waals surface area contributed by atoms with E-state index in [0.29, 0.717) is 12.6 Å². The lowest BCUT2D eigenvalue weighted by molar-refractivity contribution is 0.235. The third kappa shape index (κ3) is 2.76. The number of nitrogens with one attached hydrogen (secondary N) is 1. The second kappa shape index (κ2) is 6.07. The Hall–Kier alpha value is -1.26. The molecule has 1 aliphatic heterocycles. The minimum Gasteiger partial charge on any atom is -0.494 e. The van der Waals surface area contributed by atoms with Crippen molar-refractivity contribution in [1.29, 1.82) is 0 Å². The molecule has 0 radical (unpaired) electrons. The Kier molecular flexibility index (Phi) is 4.44. The van der Waals surface area contributed by atoms with Gasteiger partial charge in [0.15, 0.2) is 0 Å². The first-order valence-corrected chi connectivity index (χ1v) is 6.59. The van der Waals surface area contributed by atoms with Crippen LogP contribution in [0.4, 0.5) is 5.69 Å². The van der Waals surface area contributed by atoms with Crippen LogP contribution >= 0.6 is 0 Å². The standard InChI is InChI=1S/C14H22N2O2/c1-3-18-14-6-4-12(5-7-14)16-11(2)8-15-9-13(16)10-17/h4-7,11,13,15,17H,3,8-10H2,1-2H3. The van der Waals surface area contributed by atoms with Crippen LogP contribution in [0.5, 0.6) is 5.75 Å². The molecule has 2 unspecified atom stereocenters. The van der Waals surface area contributed by atoms with Gasteiger partial charge in [0, 0.05) is 24.8 Å². The first kappa shape index (κ1) is 13.2. The maximum absolute atomic E-state index is 9.47. The fraction of sp³-hybridized carbons (Fsp3) is 0.571. The fourth-order valence-electron chi connectivity index (χ4n) is 2.51. The quantitative estimate of drug-likeness (QED) is 0.844. The van der Waals surface area contributed by atoms with Crippen molar-refractivity contribution >= 4 is 5.69 Å². The van der Waals surface area contributed by atoms with Crippen LogP contribution in [-0.2, 0) is 0 Å². The van der Waals surface area contributed by atoms with Crippen LogP contribution in [-0.4, -0.2) is 43.5 Å². The zero-order valence-electron chi connectivity index (χ0n) is 11.1. The third-order valence-electron chi connectivity index (χ3n) is 3.34. The van der Waals surface area contributed by atoms with E-state index < -0.39 is 0 Å². The molecule has 18 heavy (non-hydrogen) atoms. The highest BCUT2D eigenvalue weighted by molar-refractivity contribution is 5.51. The number of nitrogens with zero attached hydrogens (tertiary/aromatic N) is 1. The molecule has 0 amide bonds. The highest BCUT2D eigenvalue weighted by atomic mass is 16.5. The van der Waals surface area contributed by atoms with Crippen molar-refractivity contribution < 1.29 is 9.84 Å². The average molecular weight is 250 g/mol. The van der Waals surface area contributed by atoms with E-state index in [1.54, 1.807) is 0 Å².